The minimum absolute atomic E-state index is 0.559. The number of fused-ring (bicyclic) bond motifs is 1. The lowest BCUT2D eigenvalue weighted by atomic mass is 9.90. The van der Waals surface area contributed by atoms with E-state index in [1.54, 1.807) is 0 Å². The summed E-state index contributed by atoms with van der Waals surface area (Å²) < 4.78 is 12.9. The topological polar surface area (TPSA) is 85.0 Å². The molecule has 8 heteroatoms. The van der Waals surface area contributed by atoms with Crippen LogP contribution in [0.2, 0.25) is 0 Å². The highest BCUT2D eigenvalue weighted by atomic mass is 16.5. The number of aliphatic hydroxyl groups is 1. The fourth-order valence-corrected chi connectivity index (χ4v) is 4.20. The lowest BCUT2D eigenvalue weighted by Gasteiger charge is -2.31. The van der Waals surface area contributed by atoms with Crippen molar-refractivity contribution in [2.75, 3.05) is 44.4 Å². The average Bonchev–Trinajstić information content (AvgIpc) is 3.11. The Hall–Kier alpha value is -2.55. The Morgan fingerprint density at radius 3 is 2.52 bits per heavy atom. The smallest absolute Gasteiger partial charge is 0.181 e. The van der Waals surface area contributed by atoms with E-state index in [9.17, 15) is 5.11 Å². The molecule has 0 spiro atoms. The summed E-state index contributed by atoms with van der Waals surface area (Å²) >= 11 is 0. The zero-order valence-corrected chi connectivity index (χ0v) is 16.5. The maximum atomic E-state index is 10.9. The summed E-state index contributed by atoms with van der Waals surface area (Å²) in [5.41, 5.74) is 3.52. The first-order chi connectivity index (χ1) is 14.2. The first-order valence-electron chi connectivity index (χ1n) is 10.1. The van der Waals surface area contributed by atoms with E-state index < -0.39 is 5.60 Å². The van der Waals surface area contributed by atoms with Gasteiger partial charge < -0.3 is 19.5 Å². The summed E-state index contributed by atoms with van der Waals surface area (Å²) in [5.74, 6) is 0.881. The molecule has 5 rings (SSSR count). The van der Waals surface area contributed by atoms with Gasteiger partial charge in [0.05, 0.1) is 30.3 Å². The molecule has 1 N–H and O–H groups in total. The highest BCUT2D eigenvalue weighted by Gasteiger charge is 2.33. The Labute approximate surface area is 169 Å². The van der Waals surface area contributed by atoms with E-state index in [1.807, 2.05) is 37.6 Å². The zero-order valence-electron chi connectivity index (χ0n) is 16.5. The molecule has 2 aliphatic heterocycles. The second kappa shape index (κ2) is 7.37. The van der Waals surface area contributed by atoms with Gasteiger partial charge in [0.25, 0.3) is 0 Å². The summed E-state index contributed by atoms with van der Waals surface area (Å²) in [6, 6.07) is 3.94. The lowest BCUT2D eigenvalue weighted by Crippen LogP contribution is -2.37. The van der Waals surface area contributed by atoms with Gasteiger partial charge in [-0.25, -0.2) is 9.97 Å². The standard InChI is InChI=1S/C21H25N5O3/c1-15-18(16-2-3-17(23-14-16)21(27)4-10-28-11-5-21)26-7-6-22-19(20(26)24-15)25-8-12-29-13-9-25/h2-3,6-7,14,27H,4-5,8-13H2,1H3. The second-order valence-electron chi connectivity index (χ2n) is 7.67. The third kappa shape index (κ3) is 3.27. The van der Waals surface area contributed by atoms with Crippen molar-refractivity contribution in [2.45, 2.75) is 25.4 Å². The van der Waals surface area contributed by atoms with Crippen LogP contribution in [0, 0.1) is 6.92 Å². The van der Waals surface area contributed by atoms with E-state index in [1.165, 1.54) is 0 Å². The molecule has 0 atom stereocenters. The first kappa shape index (κ1) is 18.5. The molecule has 0 radical (unpaired) electrons. The Morgan fingerprint density at radius 2 is 1.79 bits per heavy atom. The van der Waals surface area contributed by atoms with Crippen molar-refractivity contribution in [1.29, 1.82) is 0 Å². The van der Waals surface area contributed by atoms with Crippen LogP contribution in [0.1, 0.15) is 24.2 Å². The SMILES string of the molecule is Cc1nc2c(N3CCOCC3)nccn2c1-c1ccc(C2(O)CCOCC2)nc1. The van der Waals surface area contributed by atoms with E-state index >= 15 is 0 Å². The molecule has 0 bridgehead atoms. The third-order valence-corrected chi connectivity index (χ3v) is 5.84. The van der Waals surface area contributed by atoms with Crippen LogP contribution in [0.5, 0.6) is 0 Å². The number of pyridine rings is 1. The molecular weight excluding hydrogens is 370 g/mol. The molecule has 5 heterocycles. The van der Waals surface area contributed by atoms with E-state index in [2.05, 4.69) is 19.3 Å². The molecule has 0 saturated carbocycles. The maximum absolute atomic E-state index is 10.9. The second-order valence-corrected chi connectivity index (χ2v) is 7.67. The molecule has 2 saturated heterocycles. The van der Waals surface area contributed by atoms with Gasteiger partial charge in [0, 0.05) is 63.3 Å². The van der Waals surface area contributed by atoms with Gasteiger partial charge in [0.15, 0.2) is 11.5 Å². The number of aryl methyl sites for hydroxylation is 1. The predicted molar refractivity (Wildman–Crippen MR) is 108 cm³/mol. The number of morpholine rings is 1. The Kier molecular flexibility index (Phi) is 4.69. The molecular formula is C21H25N5O3. The van der Waals surface area contributed by atoms with Crippen LogP contribution in [0.25, 0.3) is 16.9 Å². The van der Waals surface area contributed by atoms with Crippen molar-refractivity contribution in [1.82, 2.24) is 19.4 Å². The number of aromatic nitrogens is 4. The largest absolute Gasteiger partial charge is 0.383 e. The number of nitrogens with zero attached hydrogens (tertiary/aromatic N) is 5. The van der Waals surface area contributed by atoms with Crippen molar-refractivity contribution >= 4 is 11.5 Å². The number of hydrogen-bond acceptors (Lipinski definition) is 7. The Balaban J connectivity index is 1.52. The number of imidazole rings is 1. The van der Waals surface area contributed by atoms with Crippen LogP contribution >= 0.6 is 0 Å². The van der Waals surface area contributed by atoms with Crippen molar-refractivity contribution in [3.05, 3.63) is 42.1 Å². The summed E-state index contributed by atoms with van der Waals surface area (Å²) in [6.07, 6.45) is 6.72. The van der Waals surface area contributed by atoms with Crippen LogP contribution in [0.4, 0.5) is 5.82 Å². The number of hydrogen-bond donors (Lipinski definition) is 1. The van der Waals surface area contributed by atoms with Gasteiger partial charge in [-0.1, -0.05) is 0 Å². The van der Waals surface area contributed by atoms with E-state index in [0.29, 0.717) is 45.0 Å². The summed E-state index contributed by atoms with van der Waals surface area (Å²) in [5, 5.41) is 10.9. The molecule has 3 aromatic rings. The van der Waals surface area contributed by atoms with Crippen molar-refractivity contribution in [3.8, 4) is 11.3 Å². The van der Waals surface area contributed by atoms with Crippen LogP contribution < -0.4 is 4.90 Å². The predicted octanol–water partition coefficient (Wildman–Crippen LogP) is 1.93. The molecule has 29 heavy (non-hydrogen) atoms. The van der Waals surface area contributed by atoms with Gasteiger partial charge in [-0.2, -0.15) is 0 Å². The van der Waals surface area contributed by atoms with Gasteiger partial charge >= 0.3 is 0 Å². The molecule has 8 nitrogen and oxygen atoms in total. The summed E-state index contributed by atoms with van der Waals surface area (Å²) in [7, 11) is 0. The van der Waals surface area contributed by atoms with Crippen LogP contribution in [-0.4, -0.2) is 64.0 Å². The van der Waals surface area contributed by atoms with Crippen LogP contribution in [0.15, 0.2) is 30.7 Å². The van der Waals surface area contributed by atoms with Gasteiger partial charge in [-0.05, 0) is 19.1 Å². The summed E-state index contributed by atoms with van der Waals surface area (Å²) in [4.78, 5) is 16.2. The van der Waals surface area contributed by atoms with Gasteiger partial charge in [0.2, 0.25) is 0 Å². The number of rotatable bonds is 3. The van der Waals surface area contributed by atoms with Crippen LogP contribution in [-0.2, 0) is 15.1 Å². The molecule has 0 aliphatic carbocycles. The lowest BCUT2D eigenvalue weighted by molar-refractivity contribution is -0.0705. The van der Waals surface area contributed by atoms with Gasteiger partial charge in [-0.15, -0.1) is 0 Å². The van der Waals surface area contributed by atoms with E-state index in [-0.39, 0.29) is 0 Å². The van der Waals surface area contributed by atoms with Crippen molar-refractivity contribution < 1.29 is 14.6 Å². The van der Waals surface area contributed by atoms with E-state index in [0.717, 1.165) is 41.5 Å². The van der Waals surface area contributed by atoms with Crippen LogP contribution in [0.3, 0.4) is 0 Å². The van der Waals surface area contributed by atoms with Crippen molar-refractivity contribution in [3.63, 3.8) is 0 Å². The molecule has 3 aromatic heterocycles. The third-order valence-electron chi connectivity index (χ3n) is 5.84. The quantitative estimate of drug-likeness (QED) is 0.725. The summed E-state index contributed by atoms with van der Waals surface area (Å²) in [6.45, 7) is 6.15. The normalized spacial score (nSPS) is 19.6. The monoisotopic (exact) mass is 395 g/mol. The molecule has 0 unspecified atom stereocenters. The van der Waals surface area contributed by atoms with Crippen molar-refractivity contribution in [2.24, 2.45) is 0 Å². The minimum atomic E-state index is -0.904. The Bertz CT molecular complexity index is 1010. The maximum Gasteiger partial charge on any atom is 0.181 e. The fraction of sp³-hybridized carbons (Fsp3) is 0.476. The fourth-order valence-electron chi connectivity index (χ4n) is 4.20. The number of anilines is 1. The number of ether oxygens (including phenoxy) is 2. The molecule has 2 aliphatic rings. The average molecular weight is 395 g/mol. The highest BCUT2D eigenvalue weighted by Crippen LogP contribution is 2.33. The molecule has 0 amide bonds. The van der Waals surface area contributed by atoms with Gasteiger partial charge in [0.1, 0.15) is 5.60 Å². The van der Waals surface area contributed by atoms with Gasteiger partial charge in [-0.3, -0.25) is 9.38 Å². The zero-order chi connectivity index (χ0) is 19.8. The highest BCUT2D eigenvalue weighted by molar-refractivity contribution is 5.73. The molecule has 0 aromatic carbocycles. The Morgan fingerprint density at radius 1 is 1.03 bits per heavy atom. The van der Waals surface area contributed by atoms with E-state index in [4.69, 9.17) is 14.5 Å². The minimum Gasteiger partial charge on any atom is -0.383 e. The molecule has 152 valence electrons. The first-order valence-corrected chi connectivity index (χ1v) is 10.1. The molecule has 2 fully saturated rings.